The molecule has 0 aliphatic rings. The Bertz CT molecular complexity index is 346. The summed E-state index contributed by atoms with van der Waals surface area (Å²) in [6, 6.07) is 0. The van der Waals surface area contributed by atoms with Gasteiger partial charge in [0, 0.05) is 18.1 Å². The van der Waals surface area contributed by atoms with Crippen LogP contribution in [0, 0.1) is 6.92 Å². The summed E-state index contributed by atoms with van der Waals surface area (Å²) in [5, 5.41) is 9.75. The van der Waals surface area contributed by atoms with Crippen LogP contribution < -0.4 is 4.90 Å². The SMILES string of the molecule is Cc1cnc(N(C)C(C)(C)C(=O)O)s1. The van der Waals surface area contributed by atoms with Gasteiger partial charge in [0.1, 0.15) is 5.54 Å². The summed E-state index contributed by atoms with van der Waals surface area (Å²) >= 11 is 1.49. The fraction of sp³-hybridized carbons (Fsp3) is 0.556. The molecule has 0 saturated carbocycles. The van der Waals surface area contributed by atoms with Crippen molar-refractivity contribution in [2.45, 2.75) is 26.3 Å². The van der Waals surface area contributed by atoms with Crippen LogP contribution in [0.15, 0.2) is 6.20 Å². The zero-order valence-electron chi connectivity index (χ0n) is 8.74. The molecule has 1 aromatic rings. The van der Waals surface area contributed by atoms with E-state index in [9.17, 15) is 4.79 Å². The van der Waals surface area contributed by atoms with Gasteiger partial charge in [0.05, 0.1) is 0 Å². The maximum atomic E-state index is 11.0. The number of nitrogens with zero attached hydrogens (tertiary/aromatic N) is 2. The molecule has 0 amide bonds. The van der Waals surface area contributed by atoms with Gasteiger partial charge in [-0.05, 0) is 20.8 Å². The number of carboxylic acid groups (broad SMARTS) is 1. The van der Waals surface area contributed by atoms with Crippen molar-refractivity contribution in [1.82, 2.24) is 4.98 Å². The Kier molecular flexibility index (Phi) is 2.80. The average Bonchev–Trinajstić information content (AvgIpc) is 2.50. The van der Waals surface area contributed by atoms with Crippen LogP contribution in [-0.2, 0) is 4.79 Å². The summed E-state index contributed by atoms with van der Waals surface area (Å²) in [4.78, 5) is 17.9. The predicted octanol–water partition coefficient (Wildman–Crippen LogP) is 1.75. The highest BCUT2D eigenvalue weighted by atomic mass is 32.1. The number of anilines is 1. The summed E-state index contributed by atoms with van der Waals surface area (Å²) in [6.45, 7) is 5.26. The number of carbonyl (C=O) groups is 1. The van der Waals surface area contributed by atoms with Gasteiger partial charge in [0.25, 0.3) is 0 Å². The van der Waals surface area contributed by atoms with Gasteiger partial charge in [0.2, 0.25) is 0 Å². The summed E-state index contributed by atoms with van der Waals surface area (Å²) < 4.78 is 0. The topological polar surface area (TPSA) is 53.4 Å². The van der Waals surface area contributed by atoms with Crippen LogP contribution in [0.25, 0.3) is 0 Å². The molecular weight excluding hydrogens is 200 g/mol. The summed E-state index contributed by atoms with van der Waals surface area (Å²) in [5.41, 5.74) is -0.926. The third-order valence-electron chi connectivity index (χ3n) is 2.26. The largest absolute Gasteiger partial charge is 0.480 e. The fourth-order valence-corrected chi connectivity index (χ4v) is 1.74. The normalized spacial score (nSPS) is 11.4. The second kappa shape index (κ2) is 3.57. The standard InChI is InChI=1S/C9H14N2O2S/c1-6-5-10-8(14-6)11(4)9(2,3)7(12)13/h5H,1-4H3,(H,12,13). The Morgan fingerprint density at radius 1 is 1.64 bits per heavy atom. The minimum atomic E-state index is -0.926. The first-order valence-electron chi connectivity index (χ1n) is 4.25. The van der Waals surface area contributed by atoms with Crippen molar-refractivity contribution >= 4 is 22.4 Å². The van der Waals surface area contributed by atoms with Gasteiger partial charge in [-0.25, -0.2) is 9.78 Å². The van der Waals surface area contributed by atoms with E-state index in [0.29, 0.717) is 0 Å². The molecule has 0 saturated heterocycles. The van der Waals surface area contributed by atoms with Gasteiger partial charge >= 0.3 is 5.97 Å². The molecule has 0 spiro atoms. The highest BCUT2D eigenvalue weighted by molar-refractivity contribution is 7.15. The molecule has 0 unspecified atom stereocenters. The van der Waals surface area contributed by atoms with Gasteiger partial charge in [-0.2, -0.15) is 0 Å². The van der Waals surface area contributed by atoms with E-state index >= 15 is 0 Å². The third kappa shape index (κ3) is 1.87. The Morgan fingerprint density at radius 3 is 2.57 bits per heavy atom. The third-order valence-corrected chi connectivity index (χ3v) is 3.25. The molecule has 78 valence electrons. The van der Waals surface area contributed by atoms with Crippen LogP contribution in [0.4, 0.5) is 5.13 Å². The van der Waals surface area contributed by atoms with Gasteiger partial charge in [-0.3, -0.25) is 0 Å². The zero-order chi connectivity index (χ0) is 10.9. The van der Waals surface area contributed by atoms with E-state index in [4.69, 9.17) is 5.11 Å². The molecule has 0 radical (unpaired) electrons. The number of aliphatic carboxylic acids is 1. The molecule has 0 aromatic carbocycles. The zero-order valence-corrected chi connectivity index (χ0v) is 9.55. The molecule has 0 fully saturated rings. The quantitative estimate of drug-likeness (QED) is 0.833. The molecular formula is C9H14N2O2S. The summed E-state index contributed by atoms with van der Waals surface area (Å²) in [5.74, 6) is -0.854. The highest BCUT2D eigenvalue weighted by Gasteiger charge is 2.33. The Hall–Kier alpha value is -1.10. The van der Waals surface area contributed by atoms with E-state index in [1.54, 1.807) is 32.0 Å². The number of thiazole rings is 1. The van der Waals surface area contributed by atoms with Crippen LogP contribution >= 0.6 is 11.3 Å². The van der Waals surface area contributed by atoms with Gasteiger partial charge < -0.3 is 10.0 Å². The summed E-state index contributed by atoms with van der Waals surface area (Å²) in [6.07, 6.45) is 1.74. The van der Waals surface area contributed by atoms with E-state index in [-0.39, 0.29) is 0 Å². The number of rotatable bonds is 3. The second-order valence-electron chi connectivity index (χ2n) is 3.68. The number of carboxylic acids is 1. The van der Waals surface area contributed by atoms with Crippen LogP contribution in [-0.4, -0.2) is 28.6 Å². The minimum absolute atomic E-state index is 0.731. The van der Waals surface area contributed by atoms with Crippen molar-refractivity contribution in [2.75, 3.05) is 11.9 Å². The van der Waals surface area contributed by atoms with E-state index in [0.717, 1.165) is 10.0 Å². The lowest BCUT2D eigenvalue weighted by Crippen LogP contribution is -2.48. The van der Waals surface area contributed by atoms with E-state index < -0.39 is 11.5 Å². The molecule has 0 bridgehead atoms. The number of hydrogen-bond donors (Lipinski definition) is 1. The van der Waals surface area contributed by atoms with E-state index in [2.05, 4.69) is 4.98 Å². The smallest absolute Gasteiger partial charge is 0.329 e. The molecule has 1 rings (SSSR count). The molecule has 5 heteroatoms. The summed E-state index contributed by atoms with van der Waals surface area (Å²) in [7, 11) is 1.74. The second-order valence-corrected chi connectivity index (χ2v) is 4.89. The van der Waals surface area contributed by atoms with Crippen LogP contribution in [0.5, 0.6) is 0 Å². The predicted molar refractivity (Wildman–Crippen MR) is 57.0 cm³/mol. The van der Waals surface area contributed by atoms with Gasteiger partial charge in [-0.1, -0.05) is 0 Å². The molecule has 4 nitrogen and oxygen atoms in total. The molecule has 0 aliphatic heterocycles. The number of aryl methyl sites for hydroxylation is 1. The Labute approximate surface area is 87.2 Å². The maximum Gasteiger partial charge on any atom is 0.329 e. The van der Waals surface area contributed by atoms with Crippen LogP contribution in [0.1, 0.15) is 18.7 Å². The monoisotopic (exact) mass is 214 g/mol. The van der Waals surface area contributed by atoms with Crippen LogP contribution in [0.3, 0.4) is 0 Å². The van der Waals surface area contributed by atoms with E-state index in [1.807, 2.05) is 6.92 Å². The lowest BCUT2D eigenvalue weighted by Gasteiger charge is -2.30. The molecule has 1 aromatic heterocycles. The first-order chi connectivity index (χ1) is 6.35. The minimum Gasteiger partial charge on any atom is -0.480 e. The van der Waals surface area contributed by atoms with Crippen molar-refractivity contribution in [3.8, 4) is 0 Å². The van der Waals surface area contributed by atoms with Gasteiger partial charge in [0.15, 0.2) is 5.13 Å². The average molecular weight is 214 g/mol. The Morgan fingerprint density at radius 2 is 2.21 bits per heavy atom. The number of aromatic nitrogens is 1. The molecule has 0 aliphatic carbocycles. The maximum absolute atomic E-state index is 11.0. The lowest BCUT2D eigenvalue weighted by atomic mass is 10.1. The van der Waals surface area contributed by atoms with Crippen molar-refractivity contribution < 1.29 is 9.90 Å². The highest BCUT2D eigenvalue weighted by Crippen LogP contribution is 2.26. The fourth-order valence-electron chi connectivity index (χ4n) is 0.880. The van der Waals surface area contributed by atoms with Crippen molar-refractivity contribution in [3.63, 3.8) is 0 Å². The molecule has 0 atom stereocenters. The van der Waals surface area contributed by atoms with Crippen molar-refractivity contribution in [1.29, 1.82) is 0 Å². The number of likely N-dealkylation sites (N-methyl/N-ethyl adjacent to an activating group) is 1. The van der Waals surface area contributed by atoms with E-state index in [1.165, 1.54) is 11.3 Å². The Balaban J connectivity index is 2.95. The molecule has 14 heavy (non-hydrogen) atoms. The first kappa shape index (κ1) is 11.0. The van der Waals surface area contributed by atoms with Crippen molar-refractivity contribution in [3.05, 3.63) is 11.1 Å². The van der Waals surface area contributed by atoms with Crippen LogP contribution in [0.2, 0.25) is 0 Å². The number of hydrogen-bond acceptors (Lipinski definition) is 4. The van der Waals surface area contributed by atoms with Crippen molar-refractivity contribution in [2.24, 2.45) is 0 Å². The van der Waals surface area contributed by atoms with Gasteiger partial charge in [-0.15, -0.1) is 11.3 Å². The molecule has 1 heterocycles. The lowest BCUT2D eigenvalue weighted by molar-refractivity contribution is -0.142. The molecule has 1 N–H and O–H groups in total. The first-order valence-corrected chi connectivity index (χ1v) is 5.07.